The molecule has 0 atom stereocenters. The molecule has 0 heterocycles. The van der Waals surface area contributed by atoms with E-state index in [0.29, 0.717) is 13.0 Å². The molecular weight excluding hydrogens is 218 g/mol. The quantitative estimate of drug-likeness (QED) is 0.711. The van der Waals surface area contributed by atoms with Crippen molar-refractivity contribution in [2.75, 3.05) is 6.54 Å². The molecule has 1 fully saturated rings. The van der Waals surface area contributed by atoms with E-state index in [9.17, 15) is 9.59 Å². The van der Waals surface area contributed by atoms with Crippen LogP contribution in [0.5, 0.6) is 0 Å². The third-order valence-corrected chi connectivity index (χ3v) is 2.88. The zero-order chi connectivity index (χ0) is 12.9. The number of hydrogen-bond donors (Lipinski definition) is 0. The number of ether oxygens (including phenoxy) is 1. The van der Waals surface area contributed by atoms with E-state index in [4.69, 9.17) is 4.74 Å². The molecule has 1 amide bonds. The highest BCUT2D eigenvalue weighted by molar-refractivity contribution is 5.69. The SMILES string of the molecule is CC(C)(C)OC(=O)N(CCC=O)C1CCCC1. The van der Waals surface area contributed by atoms with Crippen LogP contribution in [-0.2, 0) is 9.53 Å². The summed E-state index contributed by atoms with van der Waals surface area (Å²) in [6.07, 6.45) is 5.32. The van der Waals surface area contributed by atoms with Crippen LogP contribution < -0.4 is 0 Å². The average Bonchev–Trinajstić information content (AvgIpc) is 2.68. The van der Waals surface area contributed by atoms with Crippen LogP contribution in [0.1, 0.15) is 52.9 Å². The van der Waals surface area contributed by atoms with Crippen molar-refractivity contribution < 1.29 is 14.3 Å². The monoisotopic (exact) mass is 241 g/mol. The molecule has 0 aliphatic heterocycles. The molecule has 0 saturated heterocycles. The molecule has 1 rings (SSSR count). The molecule has 98 valence electrons. The first kappa shape index (κ1) is 14.0. The van der Waals surface area contributed by atoms with Crippen LogP contribution in [0.3, 0.4) is 0 Å². The van der Waals surface area contributed by atoms with Crippen molar-refractivity contribution in [3.8, 4) is 0 Å². The minimum Gasteiger partial charge on any atom is -0.444 e. The maximum absolute atomic E-state index is 12.0. The molecule has 0 aromatic heterocycles. The zero-order valence-corrected chi connectivity index (χ0v) is 11.1. The van der Waals surface area contributed by atoms with Crippen LogP contribution in [0.2, 0.25) is 0 Å². The smallest absolute Gasteiger partial charge is 0.410 e. The predicted molar refractivity (Wildman–Crippen MR) is 65.9 cm³/mol. The number of amides is 1. The van der Waals surface area contributed by atoms with Crippen LogP contribution in [0, 0.1) is 0 Å². The van der Waals surface area contributed by atoms with Gasteiger partial charge in [-0.05, 0) is 33.6 Å². The van der Waals surface area contributed by atoms with Crippen molar-refractivity contribution in [1.82, 2.24) is 4.90 Å². The van der Waals surface area contributed by atoms with Gasteiger partial charge in [-0.3, -0.25) is 0 Å². The lowest BCUT2D eigenvalue weighted by atomic mass is 10.2. The average molecular weight is 241 g/mol. The van der Waals surface area contributed by atoms with Gasteiger partial charge >= 0.3 is 6.09 Å². The molecule has 0 radical (unpaired) electrons. The standard InChI is InChI=1S/C13H23NO3/c1-13(2,3)17-12(16)14(9-6-10-15)11-7-4-5-8-11/h10-11H,4-9H2,1-3H3. The third kappa shape index (κ3) is 4.75. The van der Waals surface area contributed by atoms with Crippen LogP contribution >= 0.6 is 0 Å². The molecular formula is C13H23NO3. The summed E-state index contributed by atoms with van der Waals surface area (Å²) in [5, 5.41) is 0. The van der Waals surface area contributed by atoms with Crippen LogP contribution in [0.4, 0.5) is 4.79 Å². The Morgan fingerprint density at radius 2 is 1.94 bits per heavy atom. The van der Waals surface area contributed by atoms with Crippen LogP contribution in [0.25, 0.3) is 0 Å². The van der Waals surface area contributed by atoms with Crippen molar-refractivity contribution in [2.24, 2.45) is 0 Å². The molecule has 0 unspecified atom stereocenters. The lowest BCUT2D eigenvalue weighted by Crippen LogP contribution is -2.43. The fourth-order valence-corrected chi connectivity index (χ4v) is 2.15. The summed E-state index contributed by atoms with van der Waals surface area (Å²) in [5.74, 6) is 0. The van der Waals surface area contributed by atoms with Gasteiger partial charge in [0, 0.05) is 19.0 Å². The van der Waals surface area contributed by atoms with Crippen LogP contribution in [-0.4, -0.2) is 35.5 Å². The lowest BCUT2D eigenvalue weighted by molar-refractivity contribution is -0.108. The minimum atomic E-state index is -0.477. The predicted octanol–water partition coefficient (Wildman–Crippen LogP) is 2.76. The van der Waals surface area contributed by atoms with E-state index in [1.807, 2.05) is 20.8 Å². The van der Waals surface area contributed by atoms with Gasteiger partial charge in [0.05, 0.1) is 0 Å². The number of nitrogens with zero attached hydrogens (tertiary/aromatic N) is 1. The van der Waals surface area contributed by atoms with E-state index < -0.39 is 5.60 Å². The van der Waals surface area contributed by atoms with Gasteiger partial charge in [-0.2, -0.15) is 0 Å². The summed E-state index contributed by atoms with van der Waals surface area (Å²) in [6.45, 7) is 6.05. The second-order valence-corrected chi connectivity index (χ2v) is 5.57. The first-order valence-electron chi connectivity index (χ1n) is 6.37. The van der Waals surface area contributed by atoms with E-state index in [1.165, 1.54) is 0 Å². The molecule has 0 bridgehead atoms. The first-order valence-corrected chi connectivity index (χ1v) is 6.37. The number of aldehydes is 1. The summed E-state index contributed by atoms with van der Waals surface area (Å²) >= 11 is 0. The molecule has 0 aromatic rings. The van der Waals surface area contributed by atoms with Gasteiger partial charge in [0.25, 0.3) is 0 Å². The number of carbonyl (C=O) groups excluding carboxylic acids is 2. The maximum Gasteiger partial charge on any atom is 0.410 e. The highest BCUT2D eigenvalue weighted by atomic mass is 16.6. The van der Waals surface area contributed by atoms with E-state index in [0.717, 1.165) is 32.0 Å². The van der Waals surface area contributed by atoms with E-state index >= 15 is 0 Å². The van der Waals surface area contributed by atoms with Gasteiger partial charge in [0.2, 0.25) is 0 Å². The normalized spacial score (nSPS) is 16.9. The van der Waals surface area contributed by atoms with Gasteiger partial charge in [-0.1, -0.05) is 12.8 Å². The molecule has 1 aliphatic rings. The molecule has 4 nitrogen and oxygen atoms in total. The molecule has 0 spiro atoms. The lowest BCUT2D eigenvalue weighted by Gasteiger charge is -2.31. The van der Waals surface area contributed by atoms with Gasteiger partial charge in [-0.25, -0.2) is 4.79 Å². The largest absolute Gasteiger partial charge is 0.444 e. The molecule has 17 heavy (non-hydrogen) atoms. The molecule has 0 aromatic carbocycles. The van der Waals surface area contributed by atoms with Gasteiger partial charge in [-0.15, -0.1) is 0 Å². The fraction of sp³-hybridized carbons (Fsp3) is 0.846. The summed E-state index contributed by atoms with van der Waals surface area (Å²) in [7, 11) is 0. The highest BCUT2D eigenvalue weighted by Gasteiger charge is 2.29. The van der Waals surface area contributed by atoms with E-state index in [-0.39, 0.29) is 12.1 Å². The second kappa shape index (κ2) is 6.03. The van der Waals surface area contributed by atoms with Crippen molar-refractivity contribution in [3.05, 3.63) is 0 Å². The highest BCUT2D eigenvalue weighted by Crippen LogP contribution is 2.25. The zero-order valence-electron chi connectivity index (χ0n) is 11.1. The molecule has 1 aliphatic carbocycles. The Hall–Kier alpha value is -1.06. The van der Waals surface area contributed by atoms with Gasteiger partial charge in [0.1, 0.15) is 11.9 Å². The number of rotatable bonds is 4. The molecule has 0 N–H and O–H groups in total. The fourth-order valence-electron chi connectivity index (χ4n) is 2.15. The van der Waals surface area contributed by atoms with Crippen molar-refractivity contribution >= 4 is 12.4 Å². The van der Waals surface area contributed by atoms with E-state index in [2.05, 4.69) is 0 Å². The summed E-state index contributed by atoms with van der Waals surface area (Å²) < 4.78 is 5.38. The Morgan fingerprint density at radius 1 is 1.35 bits per heavy atom. The Labute approximate surface area is 103 Å². The molecule has 1 saturated carbocycles. The Balaban J connectivity index is 2.60. The summed E-state index contributed by atoms with van der Waals surface area (Å²) in [5.41, 5.74) is -0.477. The number of hydrogen-bond acceptors (Lipinski definition) is 3. The Morgan fingerprint density at radius 3 is 2.41 bits per heavy atom. The summed E-state index contributed by atoms with van der Waals surface area (Å²) in [6, 6.07) is 0.254. The summed E-state index contributed by atoms with van der Waals surface area (Å²) in [4.78, 5) is 24.2. The minimum absolute atomic E-state index is 0.254. The first-order chi connectivity index (χ1) is 7.94. The number of carbonyl (C=O) groups is 2. The molecule has 4 heteroatoms. The van der Waals surface area contributed by atoms with Gasteiger partial charge in [0.15, 0.2) is 0 Å². The third-order valence-electron chi connectivity index (χ3n) is 2.88. The Kier molecular flexibility index (Phi) is 4.97. The van der Waals surface area contributed by atoms with E-state index in [1.54, 1.807) is 4.90 Å². The van der Waals surface area contributed by atoms with Crippen molar-refractivity contribution in [2.45, 2.75) is 64.5 Å². The van der Waals surface area contributed by atoms with Gasteiger partial charge < -0.3 is 14.4 Å². The maximum atomic E-state index is 12.0. The van der Waals surface area contributed by atoms with Crippen molar-refractivity contribution in [3.63, 3.8) is 0 Å². The van der Waals surface area contributed by atoms with Crippen molar-refractivity contribution in [1.29, 1.82) is 0 Å². The Bertz CT molecular complexity index is 264. The topological polar surface area (TPSA) is 46.6 Å². The second-order valence-electron chi connectivity index (χ2n) is 5.57. The van der Waals surface area contributed by atoms with Crippen LogP contribution in [0.15, 0.2) is 0 Å².